The molecule has 0 atom stereocenters. The van der Waals surface area contributed by atoms with Gasteiger partial charge in [-0.15, -0.1) is 0 Å². The maximum atomic E-state index is 13.6. The Labute approximate surface area is 256 Å². The molecule has 0 radical (unpaired) electrons. The first-order valence-electron chi connectivity index (χ1n) is 12.4. The van der Waals surface area contributed by atoms with Crippen LogP contribution >= 0.6 is 46.6 Å². The largest absolute Gasteiger partial charge is 0.482 e. The van der Waals surface area contributed by atoms with Crippen molar-refractivity contribution < 1.29 is 14.3 Å². The molecule has 10 heteroatoms. The molecule has 0 spiro atoms. The number of amidine groups is 1. The van der Waals surface area contributed by atoms with Gasteiger partial charge in [0.2, 0.25) is 0 Å². The molecular weight excluding hydrogens is 601 g/mol. The predicted molar refractivity (Wildman–Crippen MR) is 170 cm³/mol. The molecule has 1 saturated heterocycles. The lowest BCUT2D eigenvalue weighted by Crippen LogP contribution is -2.28. The zero-order valence-electron chi connectivity index (χ0n) is 21.6. The number of nitrogens with one attached hydrogen (secondary N) is 1. The lowest BCUT2D eigenvalue weighted by molar-refractivity contribution is -0.118. The van der Waals surface area contributed by atoms with Crippen molar-refractivity contribution in [3.8, 4) is 5.75 Å². The number of ether oxygens (including phenoxy) is 1. The van der Waals surface area contributed by atoms with E-state index in [2.05, 4.69) is 5.32 Å². The monoisotopic (exact) mass is 621 g/mol. The van der Waals surface area contributed by atoms with Crippen molar-refractivity contribution in [1.82, 2.24) is 0 Å². The standard InChI is InChI=1S/C31H22Cl3N3O3S/c1-19-3-2-4-24(15-19)35-29(38)18-40-27-14-5-20(16-26(27)34)17-28-30(39)37(25-12-8-22(33)9-13-25)31(41-28)36-23-10-6-21(32)7-11-23/h2-17H,18H2,1H3,(H,35,38)/b28-17-,36-31?. The number of halogens is 3. The number of nitrogens with zero attached hydrogens (tertiary/aromatic N) is 2. The molecule has 0 saturated carbocycles. The van der Waals surface area contributed by atoms with Gasteiger partial charge in [-0.05, 0) is 109 Å². The second kappa shape index (κ2) is 12.8. The zero-order valence-corrected chi connectivity index (χ0v) is 24.7. The average Bonchev–Trinajstić information content (AvgIpc) is 3.24. The van der Waals surface area contributed by atoms with Crippen molar-refractivity contribution in [3.05, 3.63) is 122 Å². The number of amides is 2. The normalized spacial score (nSPS) is 15.0. The number of aryl methyl sites for hydroxylation is 1. The Kier molecular flexibility index (Phi) is 9.00. The zero-order chi connectivity index (χ0) is 28.9. The van der Waals surface area contributed by atoms with Crippen LogP contribution in [0.5, 0.6) is 5.75 Å². The molecule has 41 heavy (non-hydrogen) atoms. The van der Waals surface area contributed by atoms with Crippen LogP contribution in [0.15, 0.2) is 101 Å². The smallest absolute Gasteiger partial charge is 0.271 e. The highest BCUT2D eigenvalue weighted by Crippen LogP contribution is 2.38. The lowest BCUT2D eigenvalue weighted by Gasteiger charge is -2.15. The minimum absolute atomic E-state index is 0.205. The van der Waals surface area contributed by atoms with E-state index in [-0.39, 0.29) is 18.4 Å². The van der Waals surface area contributed by atoms with Gasteiger partial charge in [-0.2, -0.15) is 0 Å². The van der Waals surface area contributed by atoms with Crippen LogP contribution in [-0.2, 0) is 9.59 Å². The summed E-state index contributed by atoms with van der Waals surface area (Å²) >= 11 is 19.8. The third-order valence-corrected chi connectivity index (χ3v) is 7.63. The number of carbonyl (C=O) groups is 2. The van der Waals surface area contributed by atoms with Gasteiger partial charge in [0.05, 0.1) is 21.3 Å². The molecule has 0 unspecified atom stereocenters. The number of hydrogen-bond donors (Lipinski definition) is 1. The second-order valence-corrected chi connectivity index (χ2v) is 11.3. The Hall–Kier alpha value is -3.75. The Morgan fingerprint density at radius 2 is 1.66 bits per heavy atom. The van der Waals surface area contributed by atoms with Crippen molar-refractivity contribution in [1.29, 1.82) is 0 Å². The van der Waals surface area contributed by atoms with E-state index in [0.717, 1.165) is 5.56 Å². The summed E-state index contributed by atoms with van der Waals surface area (Å²) in [5, 5.41) is 4.74. The van der Waals surface area contributed by atoms with Gasteiger partial charge in [0.25, 0.3) is 11.8 Å². The van der Waals surface area contributed by atoms with E-state index in [9.17, 15) is 9.59 Å². The first-order chi connectivity index (χ1) is 19.7. The van der Waals surface area contributed by atoms with E-state index in [0.29, 0.717) is 53.5 Å². The third kappa shape index (κ3) is 7.31. The van der Waals surface area contributed by atoms with Crippen LogP contribution in [-0.4, -0.2) is 23.6 Å². The molecule has 1 aliphatic heterocycles. The lowest BCUT2D eigenvalue weighted by atomic mass is 10.2. The molecule has 4 aromatic rings. The van der Waals surface area contributed by atoms with Gasteiger partial charge in [0.15, 0.2) is 11.8 Å². The van der Waals surface area contributed by atoms with Crippen LogP contribution in [0.1, 0.15) is 11.1 Å². The molecule has 1 N–H and O–H groups in total. The van der Waals surface area contributed by atoms with E-state index in [4.69, 9.17) is 44.5 Å². The van der Waals surface area contributed by atoms with Crippen molar-refractivity contribution in [2.24, 2.45) is 4.99 Å². The van der Waals surface area contributed by atoms with E-state index in [1.165, 1.54) is 16.7 Å². The predicted octanol–water partition coefficient (Wildman–Crippen LogP) is 8.78. The summed E-state index contributed by atoms with van der Waals surface area (Å²) in [6.45, 7) is 1.74. The first kappa shape index (κ1) is 28.8. The number of aliphatic imine (C=N–C) groups is 1. The molecule has 2 amide bonds. The molecule has 0 aromatic heterocycles. The van der Waals surface area contributed by atoms with Crippen molar-refractivity contribution in [2.45, 2.75) is 6.92 Å². The summed E-state index contributed by atoms with van der Waals surface area (Å²) < 4.78 is 5.64. The summed E-state index contributed by atoms with van der Waals surface area (Å²) in [5.41, 5.74) is 3.70. The fraction of sp³-hybridized carbons (Fsp3) is 0.0645. The molecule has 206 valence electrons. The van der Waals surface area contributed by atoms with Gasteiger partial charge in [-0.1, -0.05) is 53.0 Å². The van der Waals surface area contributed by atoms with Crippen molar-refractivity contribution in [3.63, 3.8) is 0 Å². The van der Waals surface area contributed by atoms with E-state index in [1.807, 2.05) is 31.2 Å². The molecule has 1 fully saturated rings. The second-order valence-electron chi connectivity index (χ2n) is 8.99. The molecule has 1 heterocycles. The highest BCUT2D eigenvalue weighted by atomic mass is 35.5. The minimum Gasteiger partial charge on any atom is -0.482 e. The molecule has 0 bridgehead atoms. The van der Waals surface area contributed by atoms with Crippen LogP contribution in [0.3, 0.4) is 0 Å². The number of thioether (sulfide) groups is 1. The summed E-state index contributed by atoms with van der Waals surface area (Å²) in [5.74, 6) is -0.193. The number of benzene rings is 4. The maximum Gasteiger partial charge on any atom is 0.271 e. The van der Waals surface area contributed by atoms with Crippen molar-refractivity contribution >= 4 is 86.7 Å². The fourth-order valence-corrected chi connectivity index (χ4v) is 5.43. The Morgan fingerprint density at radius 3 is 2.34 bits per heavy atom. The summed E-state index contributed by atoms with van der Waals surface area (Å²) in [6, 6.07) is 26.6. The van der Waals surface area contributed by atoms with E-state index in [1.54, 1.807) is 72.8 Å². The van der Waals surface area contributed by atoms with Crippen molar-refractivity contribution in [2.75, 3.05) is 16.8 Å². The van der Waals surface area contributed by atoms with E-state index < -0.39 is 0 Å². The quantitative estimate of drug-likeness (QED) is 0.209. The molecular formula is C31H22Cl3N3O3S. The molecule has 4 aromatic carbocycles. The van der Waals surface area contributed by atoms with Gasteiger partial charge in [0, 0.05) is 15.7 Å². The summed E-state index contributed by atoms with van der Waals surface area (Å²) in [6.07, 6.45) is 1.74. The van der Waals surface area contributed by atoms with Gasteiger partial charge >= 0.3 is 0 Å². The number of rotatable bonds is 7. The minimum atomic E-state index is -0.305. The van der Waals surface area contributed by atoms with Crippen LogP contribution in [0.2, 0.25) is 15.1 Å². The Morgan fingerprint density at radius 1 is 0.951 bits per heavy atom. The van der Waals surface area contributed by atoms with Crippen LogP contribution in [0.25, 0.3) is 6.08 Å². The summed E-state index contributed by atoms with van der Waals surface area (Å²) in [4.78, 5) is 32.6. The van der Waals surface area contributed by atoms with Crippen LogP contribution in [0, 0.1) is 6.92 Å². The number of anilines is 2. The SMILES string of the molecule is Cc1cccc(NC(=O)COc2ccc(/C=C3\SC(=Nc4ccc(Cl)cc4)N(c4ccc(Cl)cc4)C3=O)cc2Cl)c1. The average molecular weight is 623 g/mol. The highest BCUT2D eigenvalue weighted by Gasteiger charge is 2.34. The van der Waals surface area contributed by atoms with Crippen LogP contribution < -0.4 is 15.0 Å². The first-order valence-corrected chi connectivity index (χ1v) is 14.3. The maximum absolute atomic E-state index is 13.6. The fourth-order valence-electron chi connectivity index (χ4n) is 3.93. The molecule has 0 aliphatic carbocycles. The van der Waals surface area contributed by atoms with E-state index >= 15 is 0 Å². The number of carbonyl (C=O) groups excluding carboxylic acids is 2. The van der Waals surface area contributed by atoms with Gasteiger partial charge in [-0.25, -0.2) is 4.99 Å². The van der Waals surface area contributed by atoms with Gasteiger partial charge in [-0.3, -0.25) is 14.5 Å². The van der Waals surface area contributed by atoms with Gasteiger partial charge in [0.1, 0.15) is 5.75 Å². The Bertz CT molecular complexity index is 1670. The van der Waals surface area contributed by atoms with Gasteiger partial charge < -0.3 is 10.1 Å². The molecule has 1 aliphatic rings. The highest BCUT2D eigenvalue weighted by molar-refractivity contribution is 8.19. The molecule has 6 nitrogen and oxygen atoms in total. The topological polar surface area (TPSA) is 71.0 Å². The van der Waals surface area contributed by atoms with Crippen LogP contribution in [0.4, 0.5) is 17.1 Å². The summed E-state index contributed by atoms with van der Waals surface area (Å²) in [7, 11) is 0. The number of hydrogen-bond acceptors (Lipinski definition) is 5. The molecule has 5 rings (SSSR count). The Balaban J connectivity index is 1.34. The third-order valence-electron chi connectivity index (χ3n) is 5.86.